The summed E-state index contributed by atoms with van der Waals surface area (Å²) in [6.07, 6.45) is 6.07. The Bertz CT molecular complexity index is 651. The normalized spacial score (nSPS) is 28.8. The van der Waals surface area contributed by atoms with Gasteiger partial charge in [0.2, 0.25) is 5.88 Å². The molecule has 3 fully saturated rings. The van der Waals surface area contributed by atoms with E-state index in [0.717, 1.165) is 19.3 Å². The molecule has 1 saturated carbocycles. The van der Waals surface area contributed by atoms with E-state index in [-0.39, 0.29) is 23.2 Å². The summed E-state index contributed by atoms with van der Waals surface area (Å²) in [7, 11) is 0. The van der Waals surface area contributed by atoms with Crippen LogP contribution in [0.1, 0.15) is 49.9 Å². The van der Waals surface area contributed by atoms with Gasteiger partial charge in [-0.05, 0) is 39.2 Å². The van der Waals surface area contributed by atoms with E-state index in [1.165, 1.54) is 6.42 Å². The molecule has 1 aromatic heterocycles. The number of amides is 1. The third-order valence-electron chi connectivity index (χ3n) is 5.22. The van der Waals surface area contributed by atoms with Crippen molar-refractivity contribution in [3.05, 3.63) is 23.9 Å². The maximum atomic E-state index is 13.1. The molecule has 0 aromatic carbocycles. The van der Waals surface area contributed by atoms with Gasteiger partial charge in [-0.1, -0.05) is 0 Å². The van der Waals surface area contributed by atoms with Gasteiger partial charge >= 0.3 is 0 Å². The molecule has 0 bridgehead atoms. The Hall–Kier alpha value is -1.66. The van der Waals surface area contributed by atoms with Crippen molar-refractivity contribution in [1.82, 2.24) is 9.88 Å². The highest BCUT2D eigenvalue weighted by Gasteiger charge is 2.48. The number of rotatable bonds is 3. The van der Waals surface area contributed by atoms with E-state index in [4.69, 9.17) is 14.2 Å². The zero-order valence-corrected chi connectivity index (χ0v) is 15.0. The lowest BCUT2D eigenvalue weighted by Gasteiger charge is -2.48. The molecular weight excluding hydrogens is 320 g/mol. The quantitative estimate of drug-likeness (QED) is 0.841. The fraction of sp³-hybridized carbons (Fsp3) is 0.684. The molecule has 2 aliphatic heterocycles. The standard InChI is InChI=1S/C19H26N2O4/c1-18(2)11-21(12-19(25-18)7-9-23-13-19)17(22)14-6-8-20-16(10-14)24-15-4-3-5-15/h6,8,10,15H,3-5,7,9,11-13H2,1-2H3. The van der Waals surface area contributed by atoms with Gasteiger partial charge in [-0.3, -0.25) is 4.79 Å². The molecule has 4 rings (SSSR count). The lowest BCUT2D eigenvalue weighted by Crippen LogP contribution is -2.61. The number of pyridine rings is 1. The van der Waals surface area contributed by atoms with E-state index >= 15 is 0 Å². The molecule has 3 aliphatic rings. The topological polar surface area (TPSA) is 60.9 Å². The number of hydrogen-bond acceptors (Lipinski definition) is 5. The number of aromatic nitrogens is 1. The maximum absolute atomic E-state index is 13.1. The predicted octanol–water partition coefficient (Wildman–Crippen LogP) is 2.42. The van der Waals surface area contributed by atoms with Crippen LogP contribution in [-0.2, 0) is 9.47 Å². The molecule has 1 spiro atoms. The number of nitrogens with zero attached hydrogens (tertiary/aromatic N) is 2. The molecule has 2 saturated heterocycles. The molecule has 0 radical (unpaired) electrons. The molecule has 1 unspecified atom stereocenters. The molecule has 0 N–H and O–H groups in total. The number of ether oxygens (including phenoxy) is 3. The van der Waals surface area contributed by atoms with Crippen LogP contribution in [0.25, 0.3) is 0 Å². The van der Waals surface area contributed by atoms with Crippen LogP contribution in [0.5, 0.6) is 5.88 Å². The highest BCUT2D eigenvalue weighted by atomic mass is 16.6. The average molecular weight is 346 g/mol. The Balaban J connectivity index is 1.52. The van der Waals surface area contributed by atoms with E-state index in [1.807, 2.05) is 18.7 Å². The van der Waals surface area contributed by atoms with E-state index < -0.39 is 0 Å². The first-order chi connectivity index (χ1) is 11.9. The zero-order chi connectivity index (χ0) is 17.5. The van der Waals surface area contributed by atoms with Gasteiger partial charge in [-0.25, -0.2) is 4.98 Å². The number of hydrogen-bond donors (Lipinski definition) is 0. The van der Waals surface area contributed by atoms with Crippen LogP contribution in [0.2, 0.25) is 0 Å². The number of carbonyl (C=O) groups excluding carboxylic acids is 1. The minimum Gasteiger partial charge on any atom is -0.474 e. The van der Waals surface area contributed by atoms with Crippen molar-refractivity contribution < 1.29 is 19.0 Å². The van der Waals surface area contributed by atoms with Gasteiger partial charge in [-0.15, -0.1) is 0 Å². The second kappa shape index (κ2) is 6.25. The molecule has 6 heteroatoms. The van der Waals surface area contributed by atoms with Gasteiger partial charge in [-0.2, -0.15) is 0 Å². The molecule has 25 heavy (non-hydrogen) atoms. The van der Waals surface area contributed by atoms with Gasteiger partial charge in [0, 0.05) is 37.4 Å². The monoisotopic (exact) mass is 346 g/mol. The average Bonchev–Trinajstić information content (AvgIpc) is 2.96. The summed E-state index contributed by atoms with van der Waals surface area (Å²) in [6.45, 7) is 6.43. The third-order valence-corrected chi connectivity index (χ3v) is 5.22. The summed E-state index contributed by atoms with van der Waals surface area (Å²) in [5.41, 5.74) is -0.147. The zero-order valence-electron chi connectivity index (χ0n) is 15.0. The molecule has 3 heterocycles. The summed E-state index contributed by atoms with van der Waals surface area (Å²) in [5.74, 6) is 0.547. The van der Waals surface area contributed by atoms with Crippen molar-refractivity contribution in [2.45, 2.75) is 56.8 Å². The Morgan fingerprint density at radius 2 is 2.20 bits per heavy atom. The summed E-state index contributed by atoms with van der Waals surface area (Å²) < 4.78 is 17.7. The Morgan fingerprint density at radius 3 is 2.88 bits per heavy atom. The van der Waals surface area contributed by atoms with Gasteiger partial charge in [0.1, 0.15) is 11.7 Å². The SMILES string of the molecule is CC1(C)CN(C(=O)c2ccnc(OC3CCC3)c2)CC2(CCOC2)O1. The Labute approximate surface area is 148 Å². The lowest BCUT2D eigenvalue weighted by atomic mass is 9.94. The van der Waals surface area contributed by atoms with Crippen LogP contribution in [-0.4, -0.2) is 59.4 Å². The van der Waals surface area contributed by atoms with Crippen LogP contribution < -0.4 is 4.74 Å². The van der Waals surface area contributed by atoms with Crippen molar-refractivity contribution in [1.29, 1.82) is 0 Å². The van der Waals surface area contributed by atoms with Crippen molar-refractivity contribution in [2.75, 3.05) is 26.3 Å². The van der Waals surface area contributed by atoms with E-state index in [9.17, 15) is 4.79 Å². The molecule has 136 valence electrons. The first kappa shape index (κ1) is 16.8. The van der Waals surface area contributed by atoms with Crippen LogP contribution in [0.3, 0.4) is 0 Å². The minimum atomic E-state index is -0.389. The minimum absolute atomic E-state index is 0.00325. The second-order valence-electron chi connectivity index (χ2n) is 8.06. The summed E-state index contributed by atoms with van der Waals surface area (Å²) in [4.78, 5) is 19.2. The third kappa shape index (κ3) is 3.51. The van der Waals surface area contributed by atoms with Crippen molar-refractivity contribution in [3.8, 4) is 5.88 Å². The van der Waals surface area contributed by atoms with Crippen molar-refractivity contribution in [2.24, 2.45) is 0 Å². The van der Waals surface area contributed by atoms with Crippen molar-refractivity contribution >= 4 is 5.91 Å². The molecule has 6 nitrogen and oxygen atoms in total. The van der Waals surface area contributed by atoms with Gasteiger partial charge in [0.25, 0.3) is 5.91 Å². The van der Waals surface area contributed by atoms with E-state index in [0.29, 0.717) is 37.7 Å². The molecular formula is C19H26N2O4. The number of carbonyl (C=O) groups is 1. The maximum Gasteiger partial charge on any atom is 0.254 e. The van der Waals surface area contributed by atoms with Crippen LogP contribution in [0, 0.1) is 0 Å². The van der Waals surface area contributed by atoms with Gasteiger partial charge in [0.05, 0.1) is 18.8 Å². The summed E-state index contributed by atoms with van der Waals surface area (Å²) in [5, 5.41) is 0. The summed E-state index contributed by atoms with van der Waals surface area (Å²) >= 11 is 0. The van der Waals surface area contributed by atoms with E-state index in [2.05, 4.69) is 4.98 Å². The Morgan fingerprint density at radius 1 is 1.36 bits per heavy atom. The largest absolute Gasteiger partial charge is 0.474 e. The fourth-order valence-electron chi connectivity index (χ4n) is 3.90. The molecule has 1 aliphatic carbocycles. The molecule has 1 aromatic rings. The smallest absolute Gasteiger partial charge is 0.254 e. The number of morpholine rings is 1. The Kier molecular flexibility index (Phi) is 4.20. The van der Waals surface area contributed by atoms with Gasteiger partial charge in [0.15, 0.2) is 0 Å². The summed E-state index contributed by atoms with van der Waals surface area (Å²) in [6, 6.07) is 3.52. The van der Waals surface area contributed by atoms with Crippen LogP contribution >= 0.6 is 0 Å². The van der Waals surface area contributed by atoms with Gasteiger partial charge < -0.3 is 19.1 Å². The first-order valence-electron chi connectivity index (χ1n) is 9.15. The van der Waals surface area contributed by atoms with Crippen molar-refractivity contribution in [3.63, 3.8) is 0 Å². The lowest BCUT2D eigenvalue weighted by molar-refractivity contribution is -0.186. The second-order valence-corrected chi connectivity index (χ2v) is 8.06. The molecule has 1 amide bonds. The fourth-order valence-corrected chi connectivity index (χ4v) is 3.90. The first-order valence-corrected chi connectivity index (χ1v) is 9.15. The van der Waals surface area contributed by atoms with Crippen LogP contribution in [0.4, 0.5) is 0 Å². The molecule has 1 atom stereocenters. The predicted molar refractivity (Wildman–Crippen MR) is 91.7 cm³/mol. The van der Waals surface area contributed by atoms with Crippen LogP contribution in [0.15, 0.2) is 18.3 Å². The van der Waals surface area contributed by atoms with E-state index in [1.54, 1.807) is 18.3 Å². The highest BCUT2D eigenvalue weighted by Crippen LogP contribution is 2.35. The highest BCUT2D eigenvalue weighted by molar-refractivity contribution is 5.94.